The summed E-state index contributed by atoms with van der Waals surface area (Å²) in [6.07, 6.45) is 2.08. The third kappa shape index (κ3) is 4.26. The topological polar surface area (TPSA) is 94.7 Å². The second-order valence-corrected chi connectivity index (χ2v) is 5.33. The second-order valence-electron chi connectivity index (χ2n) is 4.34. The van der Waals surface area contributed by atoms with Crippen molar-refractivity contribution in [2.45, 2.75) is 18.6 Å². The molecule has 0 saturated carbocycles. The molecule has 1 aromatic carbocycles. The van der Waals surface area contributed by atoms with Crippen LogP contribution in [0.1, 0.15) is 18.4 Å². The lowest BCUT2D eigenvalue weighted by molar-refractivity contribution is -0.131. The van der Waals surface area contributed by atoms with E-state index in [-0.39, 0.29) is 10.1 Å². The Bertz CT molecular complexity index is 726. The number of benzene rings is 1. The molecule has 0 aliphatic carbocycles. The van der Waals surface area contributed by atoms with Gasteiger partial charge in [-0.25, -0.2) is 4.79 Å². The Hall–Kier alpha value is -2.48. The Balaban J connectivity index is 2.33. The van der Waals surface area contributed by atoms with Gasteiger partial charge in [-0.15, -0.1) is 10.2 Å². The minimum absolute atomic E-state index is 0.0415. The Kier molecular flexibility index (Phi) is 5.64. The Morgan fingerprint density at radius 3 is 2.70 bits per heavy atom. The third-order valence-corrected chi connectivity index (χ3v) is 3.74. The van der Waals surface area contributed by atoms with Gasteiger partial charge in [0.25, 0.3) is 5.22 Å². The van der Waals surface area contributed by atoms with Gasteiger partial charge in [-0.05, 0) is 30.0 Å². The molecule has 0 aliphatic heterocycles. The van der Waals surface area contributed by atoms with Crippen molar-refractivity contribution in [3.8, 4) is 11.5 Å². The lowest BCUT2D eigenvalue weighted by atomic mass is 10.1. The van der Waals surface area contributed by atoms with E-state index in [0.717, 1.165) is 11.8 Å². The number of carboxylic acid groups (broad SMARTS) is 1. The van der Waals surface area contributed by atoms with E-state index in [1.807, 2.05) is 6.92 Å². The number of hydrogen-bond donors (Lipinski definition) is 1. The highest BCUT2D eigenvalue weighted by Gasteiger charge is 2.16. The molecule has 2 rings (SSSR count). The molecule has 0 bridgehead atoms. The summed E-state index contributed by atoms with van der Waals surface area (Å²) >= 11 is 0.891. The van der Waals surface area contributed by atoms with Crippen LogP contribution < -0.4 is 9.47 Å². The molecule has 2 aromatic rings. The number of rotatable bonds is 7. The minimum Gasteiger partial charge on any atom is -0.497 e. The number of ether oxygens (including phenoxy) is 2. The lowest BCUT2D eigenvalue weighted by Crippen LogP contribution is -1.98. The fourth-order valence-electron chi connectivity index (χ4n) is 1.73. The maximum Gasteiger partial charge on any atom is 0.342 e. The number of aryl methyl sites for hydroxylation is 1. The first kappa shape index (κ1) is 16.9. The zero-order chi connectivity index (χ0) is 16.8. The van der Waals surface area contributed by atoms with Crippen LogP contribution in [0.4, 0.5) is 0 Å². The summed E-state index contributed by atoms with van der Waals surface area (Å²) in [5.74, 6) is 0.486. The Morgan fingerprint density at radius 1 is 1.35 bits per heavy atom. The smallest absolute Gasteiger partial charge is 0.342 e. The van der Waals surface area contributed by atoms with E-state index >= 15 is 0 Å². The largest absolute Gasteiger partial charge is 0.497 e. The van der Waals surface area contributed by atoms with Gasteiger partial charge < -0.3 is 19.0 Å². The van der Waals surface area contributed by atoms with Crippen molar-refractivity contribution in [1.82, 2.24) is 10.2 Å². The predicted octanol–water partition coefficient (Wildman–Crippen LogP) is 2.87. The highest BCUT2D eigenvalue weighted by atomic mass is 32.2. The molecular weight excluding hydrogens is 320 g/mol. The molecule has 23 heavy (non-hydrogen) atoms. The number of thioether (sulfide) groups is 1. The van der Waals surface area contributed by atoms with Crippen molar-refractivity contribution in [2.75, 3.05) is 14.2 Å². The first-order valence-corrected chi connectivity index (χ1v) is 7.56. The second kappa shape index (κ2) is 7.68. The van der Waals surface area contributed by atoms with Gasteiger partial charge in [0.15, 0.2) is 0 Å². The molecule has 8 heteroatoms. The normalized spacial score (nSPS) is 11.3. The number of aromatic nitrogens is 2. The number of methoxy groups -OCH3 is 2. The van der Waals surface area contributed by atoms with Gasteiger partial charge in [0.2, 0.25) is 5.89 Å². The molecule has 0 radical (unpaired) electrons. The minimum atomic E-state index is -1.09. The first-order valence-electron chi connectivity index (χ1n) is 6.74. The van der Waals surface area contributed by atoms with Gasteiger partial charge >= 0.3 is 5.97 Å². The van der Waals surface area contributed by atoms with Gasteiger partial charge in [0, 0.05) is 18.1 Å². The van der Waals surface area contributed by atoms with Crippen LogP contribution >= 0.6 is 11.8 Å². The quantitative estimate of drug-likeness (QED) is 0.609. The van der Waals surface area contributed by atoms with E-state index in [4.69, 9.17) is 13.9 Å². The van der Waals surface area contributed by atoms with E-state index < -0.39 is 5.97 Å². The molecule has 7 nitrogen and oxygen atoms in total. The lowest BCUT2D eigenvalue weighted by Gasteiger charge is -2.08. The molecule has 122 valence electrons. The summed E-state index contributed by atoms with van der Waals surface area (Å²) in [5, 5.41) is 17.2. The molecule has 0 atom stereocenters. The highest BCUT2D eigenvalue weighted by molar-refractivity contribution is 8.03. The third-order valence-electron chi connectivity index (χ3n) is 2.89. The van der Waals surface area contributed by atoms with E-state index in [9.17, 15) is 9.90 Å². The van der Waals surface area contributed by atoms with Crippen LogP contribution in [-0.4, -0.2) is 35.5 Å². The van der Waals surface area contributed by atoms with Crippen LogP contribution in [0.15, 0.2) is 32.7 Å². The van der Waals surface area contributed by atoms with Gasteiger partial charge in [-0.2, -0.15) is 0 Å². The number of hydrogen-bond acceptors (Lipinski definition) is 7. The fourth-order valence-corrected chi connectivity index (χ4v) is 2.41. The number of nitrogens with zero attached hydrogens (tertiary/aromatic N) is 2. The average molecular weight is 336 g/mol. The molecule has 0 spiro atoms. The summed E-state index contributed by atoms with van der Waals surface area (Å²) in [7, 11) is 3.05. The van der Waals surface area contributed by atoms with Gasteiger partial charge in [-0.1, -0.05) is 6.92 Å². The molecule has 1 aromatic heterocycles. The molecule has 0 saturated heterocycles. The summed E-state index contributed by atoms with van der Waals surface area (Å²) < 4.78 is 15.7. The van der Waals surface area contributed by atoms with Crippen molar-refractivity contribution >= 4 is 23.8 Å². The number of carboxylic acids is 1. The summed E-state index contributed by atoms with van der Waals surface area (Å²) in [4.78, 5) is 11.5. The van der Waals surface area contributed by atoms with Crippen molar-refractivity contribution in [3.05, 3.63) is 34.6 Å². The number of aliphatic carboxylic acids is 1. The van der Waals surface area contributed by atoms with E-state index in [1.54, 1.807) is 25.3 Å². The summed E-state index contributed by atoms with van der Waals surface area (Å²) in [6, 6.07) is 5.12. The monoisotopic (exact) mass is 336 g/mol. The molecule has 0 aliphatic rings. The van der Waals surface area contributed by atoms with Crippen LogP contribution in [0, 0.1) is 0 Å². The standard InChI is InChI=1S/C15H16N2O5S/c1-4-13-16-17-15(22-13)23-12(14(18)19)7-9-5-6-10(20-2)8-11(9)21-3/h5-8H,4H2,1-3H3,(H,18,19)/b12-7-. The maximum atomic E-state index is 11.5. The van der Waals surface area contributed by atoms with Crippen LogP contribution in [-0.2, 0) is 11.2 Å². The molecule has 1 N–H and O–H groups in total. The van der Waals surface area contributed by atoms with Crippen molar-refractivity contribution in [1.29, 1.82) is 0 Å². The van der Waals surface area contributed by atoms with Gasteiger partial charge in [0.1, 0.15) is 16.4 Å². The zero-order valence-corrected chi connectivity index (χ0v) is 13.7. The molecular formula is C15H16N2O5S. The molecule has 0 unspecified atom stereocenters. The first-order chi connectivity index (χ1) is 11.1. The fraction of sp³-hybridized carbons (Fsp3) is 0.267. The molecule has 0 fully saturated rings. The molecule has 1 heterocycles. The predicted molar refractivity (Wildman–Crippen MR) is 84.7 cm³/mol. The molecule has 0 amide bonds. The van der Waals surface area contributed by atoms with Crippen molar-refractivity contribution in [3.63, 3.8) is 0 Å². The van der Waals surface area contributed by atoms with Crippen molar-refractivity contribution < 1.29 is 23.8 Å². The van der Waals surface area contributed by atoms with Crippen LogP contribution in [0.2, 0.25) is 0 Å². The van der Waals surface area contributed by atoms with E-state index in [2.05, 4.69) is 10.2 Å². The SMILES string of the molecule is CCc1nnc(S/C(=C\c2ccc(OC)cc2OC)C(=O)O)o1. The van der Waals surface area contributed by atoms with Crippen LogP contribution in [0.25, 0.3) is 6.08 Å². The van der Waals surface area contributed by atoms with Crippen LogP contribution in [0.3, 0.4) is 0 Å². The zero-order valence-electron chi connectivity index (χ0n) is 12.9. The highest BCUT2D eigenvalue weighted by Crippen LogP contribution is 2.31. The van der Waals surface area contributed by atoms with Gasteiger partial charge in [-0.3, -0.25) is 0 Å². The van der Waals surface area contributed by atoms with E-state index in [1.165, 1.54) is 13.2 Å². The Morgan fingerprint density at radius 2 is 2.13 bits per heavy atom. The maximum absolute atomic E-state index is 11.5. The number of carbonyl (C=O) groups is 1. The summed E-state index contributed by atoms with van der Waals surface area (Å²) in [6.45, 7) is 1.87. The summed E-state index contributed by atoms with van der Waals surface area (Å²) in [5.41, 5.74) is 0.605. The average Bonchev–Trinajstić information content (AvgIpc) is 3.02. The van der Waals surface area contributed by atoms with Crippen LogP contribution in [0.5, 0.6) is 11.5 Å². The van der Waals surface area contributed by atoms with Gasteiger partial charge in [0.05, 0.1) is 14.2 Å². The van der Waals surface area contributed by atoms with Crippen molar-refractivity contribution in [2.24, 2.45) is 0 Å². The Labute approximate surface area is 137 Å². The van der Waals surface area contributed by atoms with E-state index in [0.29, 0.717) is 29.4 Å².